The van der Waals surface area contributed by atoms with Crippen molar-refractivity contribution in [2.24, 2.45) is 25.7 Å². The fourth-order valence-corrected chi connectivity index (χ4v) is 1.74. The van der Waals surface area contributed by atoms with Gasteiger partial charge in [0.2, 0.25) is 0 Å². The number of aliphatic hydroxyl groups is 5. The molecule has 20 heavy (non-hydrogen) atoms. The smallest absolute Gasteiger partial charge is 0.169 e. The first-order valence-corrected chi connectivity index (χ1v) is 5.80. The van der Waals surface area contributed by atoms with Crippen molar-refractivity contribution < 1.29 is 25.5 Å². The first-order valence-electron chi connectivity index (χ1n) is 5.80. The lowest BCUT2D eigenvalue weighted by molar-refractivity contribution is -0.101. The average Bonchev–Trinajstić information content (AvgIpc) is 2.89. The lowest BCUT2D eigenvalue weighted by Gasteiger charge is -2.24. The van der Waals surface area contributed by atoms with Gasteiger partial charge >= 0.3 is 0 Å². The minimum Gasteiger partial charge on any atom is -0.394 e. The van der Waals surface area contributed by atoms with E-state index in [1.165, 1.54) is 6.34 Å². The van der Waals surface area contributed by atoms with Gasteiger partial charge in [-0.05, 0) is 0 Å². The molecule has 5 unspecified atom stereocenters. The van der Waals surface area contributed by atoms with Gasteiger partial charge in [-0.25, -0.2) is 20.0 Å². The largest absolute Gasteiger partial charge is 0.394 e. The molecule has 0 bridgehead atoms. The molecule has 2 rings (SSSR count). The fourth-order valence-electron chi connectivity index (χ4n) is 1.74. The molecule has 0 saturated heterocycles. The van der Waals surface area contributed by atoms with E-state index in [0.717, 1.165) is 0 Å². The Morgan fingerprint density at radius 1 is 1.20 bits per heavy atom. The van der Waals surface area contributed by atoms with Crippen LogP contribution in [0.3, 0.4) is 0 Å². The zero-order valence-electron chi connectivity index (χ0n) is 10.3. The SMILES string of the molecule is NC1=NC=NC2=NC(C(O)C(O)C(O)C(O)CO)=NC12. The van der Waals surface area contributed by atoms with Crippen LogP contribution in [0, 0.1) is 0 Å². The van der Waals surface area contributed by atoms with E-state index in [0.29, 0.717) is 0 Å². The summed E-state index contributed by atoms with van der Waals surface area (Å²) in [5.74, 6) is 0.182. The highest BCUT2D eigenvalue weighted by Crippen LogP contribution is 2.16. The maximum atomic E-state index is 9.89. The second-order valence-corrected chi connectivity index (χ2v) is 4.33. The normalized spacial score (nSPS) is 27.1. The van der Waals surface area contributed by atoms with E-state index in [4.69, 9.17) is 10.8 Å². The van der Waals surface area contributed by atoms with E-state index >= 15 is 0 Å². The topological polar surface area (TPSA) is 177 Å². The van der Waals surface area contributed by atoms with Gasteiger partial charge in [0, 0.05) is 0 Å². The molecule has 0 fully saturated rings. The van der Waals surface area contributed by atoms with Crippen LogP contribution in [0.4, 0.5) is 0 Å². The number of aliphatic hydroxyl groups excluding tert-OH is 5. The summed E-state index contributed by atoms with van der Waals surface area (Å²) in [6.07, 6.45) is -5.60. The highest BCUT2D eigenvalue weighted by Gasteiger charge is 2.37. The van der Waals surface area contributed by atoms with Gasteiger partial charge in [0.05, 0.1) is 6.61 Å². The number of fused-ring (bicyclic) bond motifs is 1. The van der Waals surface area contributed by atoms with Gasteiger partial charge in [-0.3, -0.25) is 0 Å². The number of nitrogens with zero attached hydrogens (tertiary/aromatic N) is 4. The van der Waals surface area contributed by atoms with E-state index < -0.39 is 37.1 Å². The van der Waals surface area contributed by atoms with Crippen LogP contribution in [0.25, 0.3) is 0 Å². The van der Waals surface area contributed by atoms with Crippen LogP contribution in [0.5, 0.6) is 0 Å². The standard InChI is InChI=1S/C10H15N5O5/c11-8-4-9(13-2-12-8)15-10(14-4)7(20)6(19)5(18)3(17)1-16/h2-7,16-20H,1H2,(H2,11,12,13,14,15). The Hall–Kier alpha value is -1.72. The summed E-state index contributed by atoms with van der Waals surface area (Å²) < 4.78 is 0. The van der Waals surface area contributed by atoms with E-state index in [2.05, 4.69) is 20.0 Å². The molecule has 0 saturated carbocycles. The lowest BCUT2D eigenvalue weighted by atomic mass is 10.0. The van der Waals surface area contributed by atoms with Crippen LogP contribution in [-0.2, 0) is 0 Å². The third kappa shape index (κ3) is 2.59. The van der Waals surface area contributed by atoms with E-state index in [-0.39, 0.29) is 17.5 Å². The molecule has 2 heterocycles. The van der Waals surface area contributed by atoms with Crippen molar-refractivity contribution in [2.45, 2.75) is 30.5 Å². The monoisotopic (exact) mass is 285 g/mol. The summed E-state index contributed by atoms with van der Waals surface area (Å²) in [5, 5.41) is 47.1. The predicted molar refractivity (Wildman–Crippen MR) is 69.9 cm³/mol. The summed E-state index contributed by atoms with van der Waals surface area (Å²) in [5.41, 5.74) is 5.59. The molecule has 0 radical (unpaired) electrons. The third-order valence-electron chi connectivity index (χ3n) is 2.93. The molecular formula is C10H15N5O5. The second kappa shape index (κ2) is 5.73. The van der Waals surface area contributed by atoms with E-state index in [1.807, 2.05) is 0 Å². The molecule has 110 valence electrons. The lowest BCUT2D eigenvalue weighted by Crippen LogP contribution is -2.48. The molecule has 5 atom stereocenters. The van der Waals surface area contributed by atoms with Gasteiger partial charge in [0.15, 0.2) is 17.7 Å². The summed E-state index contributed by atoms with van der Waals surface area (Å²) in [7, 11) is 0. The van der Waals surface area contributed by atoms with Crippen molar-refractivity contribution in [1.82, 2.24) is 0 Å². The maximum absolute atomic E-state index is 9.89. The van der Waals surface area contributed by atoms with E-state index in [9.17, 15) is 20.4 Å². The fraction of sp³-hybridized carbons (Fsp3) is 0.600. The Morgan fingerprint density at radius 2 is 1.90 bits per heavy atom. The summed E-state index contributed by atoms with van der Waals surface area (Å²) >= 11 is 0. The second-order valence-electron chi connectivity index (χ2n) is 4.33. The predicted octanol–water partition coefficient (Wildman–Crippen LogP) is -4.00. The van der Waals surface area contributed by atoms with Crippen molar-refractivity contribution in [3.05, 3.63) is 0 Å². The Bertz CT molecular complexity index is 502. The Balaban J connectivity index is 2.13. The first-order chi connectivity index (χ1) is 9.45. The van der Waals surface area contributed by atoms with Crippen molar-refractivity contribution in [1.29, 1.82) is 0 Å². The molecule has 0 amide bonds. The third-order valence-corrected chi connectivity index (χ3v) is 2.93. The number of amidine groups is 3. The Kier molecular flexibility index (Phi) is 4.20. The van der Waals surface area contributed by atoms with Gasteiger partial charge in [-0.15, -0.1) is 0 Å². The van der Waals surface area contributed by atoms with Gasteiger partial charge in [0.25, 0.3) is 0 Å². The maximum Gasteiger partial charge on any atom is 0.169 e. The van der Waals surface area contributed by atoms with Gasteiger partial charge < -0.3 is 31.3 Å². The Labute approximate surface area is 113 Å². The molecule has 10 heteroatoms. The molecule has 0 spiro atoms. The van der Waals surface area contributed by atoms with Crippen LogP contribution in [0.15, 0.2) is 20.0 Å². The van der Waals surface area contributed by atoms with Crippen LogP contribution >= 0.6 is 0 Å². The summed E-state index contributed by atoms with van der Waals surface area (Å²) in [6, 6.07) is -0.725. The highest BCUT2D eigenvalue weighted by atomic mass is 16.4. The molecule has 2 aliphatic rings. The van der Waals surface area contributed by atoms with Gasteiger partial charge in [-0.1, -0.05) is 0 Å². The molecule has 7 N–H and O–H groups in total. The van der Waals surface area contributed by atoms with Gasteiger partial charge in [0.1, 0.15) is 36.6 Å². The van der Waals surface area contributed by atoms with Crippen LogP contribution in [0.2, 0.25) is 0 Å². The Morgan fingerprint density at radius 3 is 2.50 bits per heavy atom. The molecule has 0 aromatic carbocycles. The van der Waals surface area contributed by atoms with Crippen molar-refractivity contribution in [3.63, 3.8) is 0 Å². The minimum absolute atomic E-state index is 0.145. The molecule has 0 aromatic heterocycles. The molecule has 2 aliphatic heterocycles. The van der Waals surface area contributed by atoms with Crippen molar-refractivity contribution >= 4 is 23.8 Å². The van der Waals surface area contributed by atoms with Crippen LogP contribution in [-0.4, -0.2) is 86.4 Å². The van der Waals surface area contributed by atoms with Crippen molar-refractivity contribution in [2.75, 3.05) is 6.61 Å². The van der Waals surface area contributed by atoms with E-state index in [1.54, 1.807) is 0 Å². The number of rotatable bonds is 5. The average molecular weight is 285 g/mol. The first kappa shape index (κ1) is 14.7. The van der Waals surface area contributed by atoms with Crippen LogP contribution in [0.1, 0.15) is 0 Å². The number of hydrogen-bond acceptors (Lipinski definition) is 10. The summed E-state index contributed by atoms with van der Waals surface area (Å²) in [6.45, 7) is -0.765. The zero-order chi connectivity index (χ0) is 14.9. The molecule has 10 nitrogen and oxygen atoms in total. The molecule has 0 aliphatic carbocycles. The number of nitrogens with two attached hydrogens (primary N) is 1. The quantitative estimate of drug-likeness (QED) is 0.300. The molecule has 0 aromatic rings. The minimum atomic E-state index is -1.78. The number of hydrogen-bond donors (Lipinski definition) is 6. The van der Waals surface area contributed by atoms with Gasteiger partial charge in [-0.2, -0.15) is 0 Å². The zero-order valence-corrected chi connectivity index (χ0v) is 10.3. The highest BCUT2D eigenvalue weighted by molar-refractivity contribution is 6.22. The summed E-state index contributed by atoms with van der Waals surface area (Å²) in [4.78, 5) is 15.4. The number of aliphatic imine (C=N–C) groups is 4. The van der Waals surface area contributed by atoms with Crippen molar-refractivity contribution in [3.8, 4) is 0 Å². The molecular weight excluding hydrogens is 270 g/mol. The van der Waals surface area contributed by atoms with Crippen LogP contribution < -0.4 is 5.73 Å².